The minimum absolute atomic E-state index is 0.00565. The Balaban J connectivity index is 2.11. The van der Waals surface area contributed by atoms with Crippen molar-refractivity contribution in [2.75, 3.05) is 6.61 Å². The number of hydrogen-bond donors (Lipinski definition) is 2. The van der Waals surface area contributed by atoms with E-state index in [0.29, 0.717) is 25.4 Å². The van der Waals surface area contributed by atoms with Crippen LogP contribution in [0.15, 0.2) is 24.3 Å². The number of aliphatic hydroxyl groups is 1. The zero-order valence-electron chi connectivity index (χ0n) is 11.6. The van der Waals surface area contributed by atoms with Gasteiger partial charge in [0, 0.05) is 6.54 Å². The first-order valence-electron chi connectivity index (χ1n) is 6.72. The van der Waals surface area contributed by atoms with Crippen LogP contribution in [-0.4, -0.2) is 26.7 Å². The van der Waals surface area contributed by atoms with Gasteiger partial charge in [0.05, 0.1) is 13.2 Å². The first-order valence-corrected chi connectivity index (χ1v) is 6.72. The number of nitrogens with two attached hydrogens (primary N) is 1. The Bertz CT molecular complexity index is 554. The first-order chi connectivity index (χ1) is 9.78. The Morgan fingerprint density at radius 1 is 1.40 bits per heavy atom. The van der Waals surface area contributed by atoms with Gasteiger partial charge >= 0.3 is 0 Å². The van der Waals surface area contributed by atoms with Gasteiger partial charge in [0.2, 0.25) is 0 Å². The lowest BCUT2D eigenvalue weighted by molar-refractivity contribution is 0.251. The van der Waals surface area contributed by atoms with Gasteiger partial charge in [-0.1, -0.05) is 24.3 Å². The van der Waals surface area contributed by atoms with E-state index in [4.69, 9.17) is 15.6 Å². The van der Waals surface area contributed by atoms with Crippen LogP contribution in [0.2, 0.25) is 0 Å². The summed E-state index contributed by atoms with van der Waals surface area (Å²) in [5.74, 6) is 0.809. The number of ether oxygens (including phenoxy) is 1. The molecule has 6 nitrogen and oxygen atoms in total. The van der Waals surface area contributed by atoms with Gasteiger partial charge in [0.15, 0.2) is 0 Å². The molecule has 2 rings (SSSR count). The smallest absolute Gasteiger partial charge is 0.132 e. The molecule has 0 saturated heterocycles. The number of benzene rings is 1. The van der Waals surface area contributed by atoms with Crippen molar-refractivity contribution in [3.8, 4) is 5.75 Å². The summed E-state index contributed by atoms with van der Waals surface area (Å²) < 4.78 is 7.42. The zero-order valence-corrected chi connectivity index (χ0v) is 11.6. The molecule has 2 aromatic rings. The zero-order chi connectivity index (χ0) is 14.4. The lowest BCUT2D eigenvalue weighted by Gasteiger charge is -2.09. The molecule has 6 heteroatoms. The van der Waals surface area contributed by atoms with Crippen LogP contribution in [0.25, 0.3) is 0 Å². The molecule has 0 amide bonds. The SMILES string of the molecule is CCc1cccc(OCc2c(CN)nnn2CCO)c1. The third-order valence-electron chi connectivity index (χ3n) is 3.11. The van der Waals surface area contributed by atoms with Crippen molar-refractivity contribution < 1.29 is 9.84 Å². The summed E-state index contributed by atoms with van der Waals surface area (Å²) in [5, 5.41) is 17.0. The van der Waals surface area contributed by atoms with Gasteiger partial charge in [-0.2, -0.15) is 0 Å². The molecule has 0 aliphatic rings. The summed E-state index contributed by atoms with van der Waals surface area (Å²) in [6, 6.07) is 7.97. The van der Waals surface area contributed by atoms with E-state index < -0.39 is 0 Å². The van der Waals surface area contributed by atoms with Crippen LogP contribution in [0.5, 0.6) is 5.75 Å². The van der Waals surface area contributed by atoms with Crippen LogP contribution in [0.4, 0.5) is 0 Å². The van der Waals surface area contributed by atoms with Crippen molar-refractivity contribution in [3.63, 3.8) is 0 Å². The van der Waals surface area contributed by atoms with E-state index in [-0.39, 0.29) is 6.61 Å². The predicted octanol–water partition coefficient (Wildman–Crippen LogP) is 0.871. The molecule has 0 bridgehead atoms. The molecule has 1 aromatic heterocycles. The topological polar surface area (TPSA) is 86.2 Å². The van der Waals surface area contributed by atoms with Crippen LogP contribution >= 0.6 is 0 Å². The molecule has 0 fully saturated rings. The van der Waals surface area contributed by atoms with Crippen molar-refractivity contribution in [1.82, 2.24) is 15.0 Å². The third kappa shape index (κ3) is 3.34. The van der Waals surface area contributed by atoms with E-state index >= 15 is 0 Å². The molecule has 0 atom stereocenters. The summed E-state index contributed by atoms with van der Waals surface area (Å²) in [4.78, 5) is 0. The van der Waals surface area contributed by atoms with Gasteiger partial charge in [-0.15, -0.1) is 5.10 Å². The third-order valence-corrected chi connectivity index (χ3v) is 3.11. The number of aromatic nitrogens is 3. The maximum Gasteiger partial charge on any atom is 0.132 e. The molecule has 1 heterocycles. The van der Waals surface area contributed by atoms with E-state index in [2.05, 4.69) is 23.3 Å². The number of hydrogen-bond acceptors (Lipinski definition) is 5. The summed E-state index contributed by atoms with van der Waals surface area (Å²) >= 11 is 0. The van der Waals surface area contributed by atoms with Gasteiger partial charge in [-0.25, -0.2) is 4.68 Å². The Morgan fingerprint density at radius 2 is 2.25 bits per heavy atom. The van der Waals surface area contributed by atoms with E-state index in [1.165, 1.54) is 5.56 Å². The number of rotatable bonds is 7. The Morgan fingerprint density at radius 3 is 2.95 bits per heavy atom. The second-order valence-corrected chi connectivity index (χ2v) is 4.42. The molecular weight excluding hydrogens is 256 g/mol. The van der Waals surface area contributed by atoms with Gasteiger partial charge < -0.3 is 15.6 Å². The number of aliphatic hydroxyl groups excluding tert-OH is 1. The minimum atomic E-state index is 0.00565. The molecule has 3 N–H and O–H groups in total. The molecule has 0 spiro atoms. The highest BCUT2D eigenvalue weighted by Gasteiger charge is 2.12. The van der Waals surface area contributed by atoms with Gasteiger partial charge in [0.1, 0.15) is 23.7 Å². The van der Waals surface area contributed by atoms with Crippen molar-refractivity contribution in [2.45, 2.75) is 33.0 Å². The lowest BCUT2D eigenvalue weighted by atomic mass is 10.2. The van der Waals surface area contributed by atoms with Gasteiger partial charge in [-0.05, 0) is 24.1 Å². The first kappa shape index (κ1) is 14.5. The molecule has 20 heavy (non-hydrogen) atoms. The van der Waals surface area contributed by atoms with Crippen LogP contribution in [-0.2, 0) is 26.1 Å². The summed E-state index contributed by atoms with van der Waals surface area (Å²) in [5.41, 5.74) is 8.37. The van der Waals surface area contributed by atoms with Gasteiger partial charge in [-0.3, -0.25) is 0 Å². The molecule has 1 aromatic carbocycles. The van der Waals surface area contributed by atoms with Crippen molar-refractivity contribution in [2.24, 2.45) is 5.73 Å². The van der Waals surface area contributed by atoms with Crippen LogP contribution in [0.1, 0.15) is 23.9 Å². The van der Waals surface area contributed by atoms with Crippen LogP contribution < -0.4 is 10.5 Å². The lowest BCUT2D eigenvalue weighted by Crippen LogP contribution is -2.12. The average Bonchev–Trinajstić information content (AvgIpc) is 2.88. The Kier molecular flexibility index (Phi) is 5.09. The Hall–Kier alpha value is -1.92. The molecular formula is C14H20N4O2. The fourth-order valence-corrected chi connectivity index (χ4v) is 1.97. The molecule has 0 saturated carbocycles. The fourth-order valence-electron chi connectivity index (χ4n) is 1.97. The highest BCUT2D eigenvalue weighted by atomic mass is 16.5. The quantitative estimate of drug-likeness (QED) is 0.783. The molecule has 108 valence electrons. The van der Waals surface area contributed by atoms with E-state index in [1.807, 2.05) is 18.2 Å². The summed E-state index contributed by atoms with van der Waals surface area (Å²) in [6.07, 6.45) is 0.968. The number of aryl methyl sites for hydroxylation is 1. The molecule has 0 unspecified atom stereocenters. The summed E-state index contributed by atoms with van der Waals surface area (Å²) in [6.45, 7) is 3.14. The maximum absolute atomic E-state index is 9.02. The normalized spacial score (nSPS) is 10.8. The maximum atomic E-state index is 9.02. The van der Waals surface area contributed by atoms with Crippen molar-refractivity contribution >= 4 is 0 Å². The largest absolute Gasteiger partial charge is 0.487 e. The average molecular weight is 276 g/mol. The molecule has 0 aliphatic carbocycles. The predicted molar refractivity (Wildman–Crippen MR) is 75.2 cm³/mol. The van der Waals surface area contributed by atoms with E-state index in [9.17, 15) is 0 Å². The molecule has 0 radical (unpaired) electrons. The van der Waals surface area contributed by atoms with Gasteiger partial charge in [0.25, 0.3) is 0 Å². The van der Waals surface area contributed by atoms with Crippen molar-refractivity contribution in [3.05, 3.63) is 41.2 Å². The summed E-state index contributed by atoms with van der Waals surface area (Å²) in [7, 11) is 0. The van der Waals surface area contributed by atoms with Crippen molar-refractivity contribution in [1.29, 1.82) is 0 Å². The fraction of sp³-hybridized carbons (Fsp3) is 0.429. The van der Waals surface area contributed by atoms with E-state index in [0.717, 1.165) is 17.9 Å². The molecule has 0 aliphatic heterocycles. The Labute approximate surface area is 118 Å². The number of nitrogens with zero attached hydrogens (tertiary/aromatic N) is 3. The second-order valence-electron chi connectivity index (χ2n) is 4.42. The monoisotopic (exact) mass is 276 g/mol. The minimum Gasteiger partial charge on any atom is -0.487 e. The van der Waals surface area contributed by atoms with Crippen LogP contribution in [0, 0.1) is 0 Å². The van der Waals surface area contributed by atoms with Crippen LogP contribution in [0.3, 0.4) is 0 Å². The van der Waals surface area contributed by atoms with E-state index in [1.54, 1.807) is 4.68 Å². The standard InChI is InChI=1S/C14H20N4O2/c1-2-11-4-3-5-12(8-11)20-10-14-13(9-15)16-17-18(14)6-7-19/h3-5,8,19H,2,6-7,9-10,15H2,1H3. The second kappa shape index (κ2) is 7.02. The highest BCUT2D eigenvalue weighted by Crippen LogP contribution is 2.16. The highest BCUT2D eigenvalue weighted by molar-refractivity contribution is 5.28.